The molecule has 0 fully saturated rings. The van der Waals surface area contributed by atoms with Crippen LogP contribution in [0.15, 0.2) is 18.3 Å². The van der Waals surface area contributed by atoms with Crippen molar-refractivity contribution in [1.82, 2.24) is 4.98 Å². The third kappa shape index (κ3) is 2.28. The minimum Gasteiger partial charge on any atom is -0.477 e. The second-order valence-electron chi connectivity index (χ2n) is 3.09. The average molecular weight is 179 g/mol. The van der Waals surface area contributed by atoms with E-state index in [0.717, 1.165) is 12.0 Å². The van der Waals surface area contributed by atoms with Crippen LogP contribution in [-0.2, 0) is 0 Å². The van der Waals surface area contributed by atoms with Gasteiger partial charge in [-0.15, -0.1) is 0 Å². The van der Waals surface area contributed by atoms with Crippen molar-refractivity contribution in [1.29, 1.82) is 0 Å². The largest absolute Gasteiger partial charge is 0.477 e. The van der Waals surface area contributed by atoms with Crippen molar-refractivity contribution in [2.75, 3.05) is 0 Å². The van der Waals surface area contributed by atoms with Crippen LogP contribution in [0.1, 0.15) is 42.2 Å². The number of aromatic carboxylic acids is 1. The Labute approximate surface area is 77.4 Å². The van der Waals surface area contributed by atoms with Gasteiger partial charge in [0.2, 0.25) is 0 Å². The lowest BCUT2D eigenvalue weighted by Gasteiger charge is -2.08. The van der Waals surface area contributed by atoms with Gasteiger partial charge in [-0.1, -0.05) is 13.8 Å². The van der Waals surface area contributed by atoms with Crippen molar-refractivity contribution in [3.8, 4) is 0 Å². The molecule has 0 bridgehead atoms. The topological polar surface area (TPSA) is 50.2 Å². The molecular formula is C10H13NO2. The molecule has 3 heteroatoms. The van der Waals surface area contributed by atoms with Crippen molar-refractivity contribution in [2.24, 2.45) is 0 Å². The maximum atomic E-state index is 10.6. The van der Waals surface area contributed by atoms with Gasteiger partial charge < -0.3 is 5.11 Å². The number of carboxylic acid groups (broad SMARTS) is 1. The first-order valence-electron chi connectivity index (χ1n) is 4.34. The Kier molecular flexibility index (Phi) is 3.01. The standard InChI is InChI=1S/C10H13NO2/c1-3-7(2)8-4-5-11-9(6-8)10(12)13/h4-7H,3H2,1-2H3,(H,12,13). The summed E-state index contributed by atoms with van der Waals surface area (Å²) in [5.74, 6) is -0.578. The third-order valence-corrected chi connectivity index (χ3v) is 2.18. The summed E-state index contributed by atoms with van der Waals surface area (Å²) in [7, 11) is 0. The normalized spacial score (nSPS) is 12.5. The lowest BCUT2D eigenvalue weighted by molar-refractivity contribution is 0.0690. The second-order valence-corrected chi connectivity index (χ2v) is 3.09. The summed E-state index contributed by atoms with van der Waals surface area (Å²) < 4.78 is 0. The molecule has 0 saturated carbocycles. The summed E-state index contributed by atoms with van der Waals surface area (Å²) in [5.41, 5.74) is 1.16. The Morgan fingerprint density at radius 3 is 2.92 bits per heavy atom. The van der Waals surface area contributed by atoms with E-state index in [9.17, 15) is 4.79 Å². The minimum absolute atomic E-state index is 0.123. The molecule has 0 aliphatic carbocycles. The maximum Gasteiger partial charge on any atom is 0.354 e. The predicted octanol–water partition coefficient (Wildman–Crippen LogP) is 2.29. The molecular weight excluding hydrogens is 166 g/mol. The molecule has 0 saturated heterocycles. The summed E-state index contributed by atoms with van der Waals surface area (Å²) in [6.07, 6.45) is 2.55. The zero-order valence-electron chi connectivity index (χ0n) is 7.82. The SMILES string of the molecule is CCC(C)c1ccnc(C(=O)O)c1. The van der Waals surface area contributed by atoms with E-state index in [1.807, 2.05) is 6.07 Å². The Morgan fingerprint density at radius 2 is 2.38 bits per heavy atom. The first kappa shape index (κ1) is 9.71. The Bertz CT molecular complexity index is 310. The van der Waals surface area contributed by atoms with Gasteiger partial charge in [0.25, 0.3) is 0 Å². The Morgan fingerprint density at radius 1 is 1.69 bits per heavy atom. The molecule has 1 aromatic heterocycles. The van der Waals surface area contributed by atoms with Crippen molar-refractivity contribution in [2.45, 2.75) is 26.2 Å². The molecule has 0 spiro atoms. The molecule has 13 heavy (non-hydrogen) atoms. The van der Waals surface area contributed by atoms with E-state index in [1.165, 1.54) is 0 Å². The Hall–Kier alpha value is -1.38. The number of hydrogen-bond acceptors (Lipinski definition) is 2. The van der Waals surface area contributed by atoms with Crippen LogP contribution in [0.3, 0.4) is 0 Å². The van der Waals surface area contributed by atoms with Gasteiger partial charge >= 0.3 is 5.97 Å². The van der Waals surface area contributed by atoms with E-state index in [1.54, 1.807) is 12.3 Å². The summed E-state index contributed by atoms with van der Waals surface area (Å²) in [4.78, 5) is 14.4. The second kappa shape index (κ2) is 4.03. The molecule has 1 unspecified atom stereocenters. The zero-order valence-corrected chi connectivity index (χ0v) is 7.82. The number of carbonyl (C=O) groups is 1. The highest BCUT2D eigenvalue weighted by Gasteiger charge is 2.08. The number of aromatic nitrogens is 1. The first-order chi connectivity index (χ1) is 6.15. The fourth-order valence-corrected chi connectivity index (χ4v) is 1.11. The van der Waals surface area contributed by atoms with E-state index < -0.39 is 5.97 Å². The monoisotopic (exact) mass is 179 g/mol. The van der Waals surface area contributed by atoms with Crippen LogP contribution in [0.25, 0.3) is 0 Å². The van der Waals surface area contributed by atoms with E-state index in [2.05, 4.69) is 18.8 Å². The summed E-state index contributed by atoms with van der Waals surface area (Å²) in [6.45, 7) is 4.15. The molecule has 0 aliphatic rings. The average Bonchev–Trinajstić information content (AvgIpc) is 2.17. The van der Waals surface area contributed by atoms with Crippen molar-refractivity contribution in [3.63, 3.8) is 0 Å². The van der Waals surface area contributed by atoms with Crippen molar-refractivity contribution in [3.05, 3.63) is 29.6 Å². The van der Waals surface area contributed by atoms with Crippen LogP contribution in [0, 0.1) is 0 Å². The number of hydrogen-bond donors (Lipinski definition) is 1. The minimum atomic E-state index is -0.967. The molecule has 1 N–H and O–H groups in total. The molecule has 1 rings (SSSR count). The maximum absolute atomic E-state index is 10.6. The number of rotatable bonds is 3. The highest BCUT2D eigenvalue weighted by atomic mass is 16.4. The van der Waals surface area contributed by atoms with Crippen LogP contribution in [0.2, 0.25) is 0 Å². The van der Waals surface area contributed by atoms with Gasteiger partial charge in [-0.25, -0.2) is 9.78 Å². The molecule has 0 aromatic carbocycles. The molecule has 3 nitrogen and oxygen atoms in total. The summed E-state index contributed by atoms with van der Waals surface area (Å²) in [5, 5.41) is 8.70. The van der Waals surface area contributed by atoms with Crippen molar-refractivity contribution >= 4 is 5.97 Å². The predicted molar refractivity (Wildman–Crippen MR) is 49.9 cm³/mol. The molecule has 0 amide bonds. The lowest BCUT2D eigenvalue weighted by atomic mass is 9.99. The van der Waals surface area contributed by atoms with Crippen LogP contribution in [-0.4, -0.2) is 16.1 Å². The van der Waals surface area contributed by atoms with Gasteiger partial charge in [-0.05, 0) is 30.0 Å². The van der Waals surface area contributed by atoms with Gasteiger partial charge in [0, 0.05) is 6.20 Å². The van der Waals surface area contributed by atoms with Gasteiger partial charge in [0.1, 0.15) is 5.69 Å². The molecule has 0 aliphatic heterocycles. The summed E-state index contributed by atoms with van der Waals surface area (Å²) >= 11 is 0. The van der Waals surface area contributed by atoms with Gasteiger partial charge in [-0.3, -0.25) is 0 Å². The highest BCUT2D eigenvalue weighted by molar-refractivity contribution is 5.85. The molecule has 70 valence electrons. The van der Waals surface area contributed by atoms with Crippen LogP contribution in [0.5, 0.6) is 0 Å². The first-order valence-corrected chi connectivity index (χ1v) is 4.34. The van der Waals surface area contributed by atoms with E-state index in [-0.39, 0.29) is 5.69 Å². The molecule has 1 aromatic rings. The Balaban J connectivity index is 2.98. The third-order valence-electron chi connectivity index (χ3n) is 2.18. The molecule has 1 heterocycles. The van der Waals surface area contributed by atoms with Crippen molar-refractivity contribution < 1.29 is 9.90 Å². The smallest absolute Gasteiger partial charge is 0.354 e. The molecule has 0 radical (unpaired) electrons. The van der Waals surface area contributed by atoms with Crippen LogP contribution < -0.4 is 0 Å². The van der Waals surface area contributed by atoms with E-state index in [0.29, 0.717) is 5.92 Å². The van der Waals surface area contributed by atoms with E-state index in [4.69, 9.17) is 5.11 Å². The number of pyridine rings is 1. The van der Waals surface area contributed by atoms with Crippen LogP contribution >= 0.6 is 0 Å². The number of nitrogens with zero attached hydrogens (tertiary/aromatic N) is 1. The summed E-state index contributed by atoms with van der Waals surface area (Å²) in [6, 6.07) is 3.50. The fourth-order valence-electron chi connectivity index (χ4n) is 1.11. The van der Waals surface area contributed by atoms with Gasteiger partial charge in [0.15, 0.2) is 0 Å². The van der Waals surface area contributed by atoms with Crippen LogP contribution in [0.4, 0.5) is 0 Å². The zero-order chi connectivity index (χ0) is 9.84. The number of carboxylic acids is 1. The fraction of sp³-hybridized carbons (Fsp3) is 0.400. The van der Waals surface area contributed by atoms with Gasteiger partial charge in [0.05, 0.1) is 0 Å². The highest BCUT2D eigenvalue weighted by Crippen LogP contribution is 2.18. The van der Waals surface area contributed by atoms with E-state index >= 15 is 0 Å². The molecule has 1 atom stereocenters. The van der Waals surface area contributed by atoms with Gasteiger partial charge in [-0.2, -0.15) is 0 Å². The lowest BCUT2D eigenvalue weighted by Crippen LogP contribution is -2.02. The quantitative estimate of drug-likeness (QED) is 0.774.